The number of carbonyl (C=O) groups excluding carboxylic acids is 2. The highest BCUT2D eigenvalue weighted by Gasteiger charge is 2.41. The number of fused-ring (bicyclic) bond motifs is 2. The van der Waals surface area contributed by atoms with Crippen molar-refractivity contribution in [1.29, 1.82) is 0 Å². The van der Waals surface area contributed by atoms with Gasteiger partial charge in [0.25, 0.3) is 0 Å². The lowest BCUT2D eigenvalue weighted by Crippen LogP contribution is -2.24. The van der Waals surface area contributed by atoms with Crippen LogP contribution in [0.25, 0.3) is 22.0 Å². The minimum atomic E-state index is -0.400. The van der Waals surface area contributed by atoms with E-state index in [-0.39, 0.29) is 18.1 Å². The highest BCUT2D eigenvalue weighted by Crippen LogP contribution is 2.47. The summed E-state index contributed by atoms with van der Waals surface area (Å²) >= 11 is 0. The number of nitrogens with zero attached hydrogens (tertiary/aromatic N) is 2. The summed E-state index contributed by atoms with van der Waals surface area (Å²) in [5.74, 6) is -0.564. The van der Waals surface area contributed by atoms with Crippen LogP contribution in [0.1, 0.15) is 37.1 Å². The Labute approximate surface area is 203 Å². The second-order valence-electron chi connectivity index (χ2n) is 8.92. The van der Waals surface area contributed by atoms with Gasteiger partial charge in [0.15, 0.2) is 0 Å². The highest BCUT2D eigenvalue weighted by atomic mass is 16.5. The zero-order valence-electron chi connectivity index (χ0n) is 20.0. The molecule has 5 rings (SSSR count). The third-order valence-electron chi connectivity index (χ3n) is 6.59. The Balaban J connectivity index is 1.54. The number of rotatable bonds is 6. The van der Waals surface area contributed by atoms with Gasteiger partial charge in [0, 0.05) is 51.1 Å². The standard InChI is InChI=1S/C29H26N2O4/c1-16(2)29(34)35-15-9-14-31-18(4)24(20-11-6-8-13-22(20)31)26-27(32)25(28(26)33)23-17(3)30-21-12-7-5-10-19(21)23/h5-8,10-13,32H,1,9,14-15H2,2-4H3. The topological polar surface area (TPSA) is 80.9 Å². The highest BCUT2D eigenvalue weighted by molar-refractivity contribution is 6.47. The Bertz CT molecular complexity index is 1530. The molecular formula is C29H26N2O4. The van der Waals surface area contributed by atoms with E-state index < -0.39 is 5.97 Å². The molecule has 6 heteroatoms. The van der Waals surface area contributed by atoms with E-state index in [1.54, 1.807) is 6.92 Å². The summed E-state index contributed by atoms with van der Waals surface area (Å²) < 4.78 is 7.34. The molecule has 176 valence electrons. The molecule has 0 amide bonds. The first-order chi connectivity index (χ1) is 16.8. The number of aryl methyl sites for hydroxylation is 1. The van der Waals surface area contributed by atoms with Crippen molar-refractivity contribution >= 4 is 45.2 Å². The molecular weight excluding hydrogens is 440 g/mol. The maximum absolute atomic E-state index is 13.5. The number of para-hydroxylation sites is 2. The van der Waals surface area contributed by atoms with Crippen molar-refractivity contribution in [2.45, 2.75) is 33.7 Å². The van der Waals surface area contributed by atoms with Crippen LogP contribution in [0.15, 0.2) is 77.0 Å². The molecule has 1 aliphatic heterocycles. The second-order valence-corrected chi connectivity index (χ2v) is 8.92. The van der Waals surface area contributed by atoms with Crippen LogP contribution in [0.4, 0.5) is 5.69 Å². The number of hydrogen-bond acceptors (Lipinski definition) is 5. The van der Waals surface area contributed by atoms with Gasteiger partial charge in [-0.15, -0.1) is 0 Å². The quantitative estimate of drug-likeness (QED) is 0.280. The van der Waals surface area contributed by atoms with Crippen LogP contribution in [0.5, 0.6) is 0 Å². The molecule has 1 N–H and O–H groups in total. The van der Waals surface area contributed by atoms with Crippen molar-refractivity contribution < 1.29 is 19.4 Å². The largest absolute Gasteiger partial charge is 0.506 e. The van der Waals surface area contributed by atoms with Gasteiger partial charge < -0.3 is 14.4 Å². The maximum Gasteiger partial charge on any atom is 0.333 e. The summed E-state index contributed by atoms with van der Waals surface area (Å²) in [6.07, 6.45) is 0.610. The number of hydrogen-bond donors (Lipinski definition) is 1. The Morgan fingerprint density at radius 2 is 1.77 bits per heavy atom. The summed E-state index contributed by atoms with van der Waals surface area (Å²) in [4.78, 5) is 29.8. The number of aliphatic imine (C=N–C) groups is 1. The molecule has 1 aromatic heterocycles. The molecule has 2 heterocycles. The van der Waals surface area contributed by atoms with Crippen LogP contribution in [0, 0.1) is 6.92 Å². The number of esters is 1. The first-order valence-corrected chi connectivity index (χ1v) is 11.6. The number of aliphatic hydroxyl groups excluding tert-OH is 1. The van der Waals surface area contributed by atoms with Crippen LogP contribution >= 0.6 is 0 Å². The van der Waals surface area contributed by atoms with Gasteiger partial charge in [0.05, 0.1) is 23.4 Å². The Morgan fingerprint density at radius 1 is 1.06 bits per heavy atom. The summed E-state index contributed by atoms with van der Waals surface area (Å²) in [7, 11) is 0. The van der Waals surface area contributed by atoms with Crippen LogP contribution in [0.3, 0.4) is 0 Å². The van der Waals surface area contributed by atoms with E-state index in [4.69, 9.17) is 4.74 Å². The maximum atomic E-state index is 13.5. The number of carbonyl (C=O) groups is 2. The van der Waals surface area contributed by atoms with E-state index in [2.05, 4.69) is 16.1 Å². The molecule has 1 aliphatic carbocycles. The number of aliphatic hydroxyl groups is 1. The molecule has 0 radical (unpaired) electrons. The Hall–Kier alpha value is -4.19. The fraction of sp³-hybridized carbons (Fsp3) is 0.207. The predicted molar refractivity (Wildman–Crippen MR) is 138 cm³/mol. The molecule has 0 fully saturated rings. The van der Waals surface area contributed by atoms with Gasteiger partial charge in [0.1, 0.15) is 5.76 Å². The number of aromatic nitrogens is 1. The lowest BCUT2D eigenvalue weighted by molar-refractivity contribution is -0.139. The van der Waals surface area contributed by atoms with Crippen LogP contribution < -0.4 is 0 Å². The average molecular weight is 467 g/mol. The summed E-state index contributed by atoms with van der Waals surface area (Å²) in [5.41, 5.74) is 6.72. The molecule has 0 saturated heterocycles. The normalized spacial score (nSPS) is 16.9. The number of benzene rings is 2. The van der Waals surface area contributed by atoms with Crippen molar-refractivity contribution in [3.63, 3.8) is 0 Å². The summed E-state index contributed by atoms with van der Waals surface area (Å²) in [6, 6.07) is 15.5. The van der Waals surface area contributed by atoms with Gasteiger partial charge >= 0.3 is 5.97 Å². The van der Waals surface area contributed by atoms with Crippen LogP contribution in [-0.2, 0) is 20.9 Å². The minimum absolute atomic E-state index is 0.0117. The first kappa shape index (κ1) is 22.6. The SMILES string of the molecule is C=C(C)C(=O)OCCCn1c(C)c(C2=C(O)C(=C3C(C)=Nc4ccccc43)C2=O)c2ccccc21. The lowest BCUT2D eigenvalue weighted by atomic mass is 9.78. The average Bonchev–Trinajstić information content (AvgIpc) is 3.31. The molecule has 0 bridgehead atoms. The van der Waals surface area contributed by atoms with Gasteiger partial charge in [-0.05, 0) is 39.3 Å². The lowest BCUT2D eigenvalue weighted by Gasteiger charge is -2.24. The van der Waals surface area contributed by atoms with Crippen LogP contribution in [0.2, 0.25) is 0 Å². The summed E-state index contributed by atoms with van der Waals surface area (Å²) in [6.45, 7) is 9.90. The summed E-state index contributed by atoms with van der Waals surface area (Å²) in [5, 5.41) is 12.1. The van der Waals surface area contributed by atoms with E-state index in [1.165, 1.54) is 0 Å². The first-order valence-electron chi connectivity index (χ1n) is 11.6. The number of ether oxygens (including phenoxy) is 1. The van der Waals surface area contributed by atoms with Gasteiger partial charge in [-0.3, -0.25) is 9.79 Å². The van der Waals surface area contributed by atoms with E-state index >= 15 is 0 Å². The van der Waals surface area contributed by atoms with Gasteiger partial charge in [-0.1, -0.05) is 43.0 Å². The molecule has 3 aromatic rings. The monoisotopic (exact) mass is 466 g/mol. The molecule has 0 unspecified atom stereocenters. The Morgan fingerprint density at radius 3 is 2.51 bits per heavy atom. The fourth-order valence-corrected chi connectivity index (χ4v) is 4.94. The zero-order chi connectivity index (χ0) is 24.9. The molecule has 2 aromatic carbocycles. The molecule has 35 heavy (non-hydrogen) atoms. The van der Waals surface area contributed by atoms with Gasteiger partial charge in [-0.2, -0.15) is 0 Å². The van der Waals surface area contributed by atoms with E-state index in [9.17, 15) is 14.7 Å². The van der Waals surface area contributed by atoms with Crippen molar-refractivity contribution in [3.05, 3.63) is 88.8 Å². The molecule has 0 atom stereocenters. The van der Waals surface area contributed by atoms with E-state index in [1.807, 2.05) is 62.4 Å². The second kappa shape index (κ2) is 8.55. The number of allylic oxidation sites excluding steroid dienone is 3. The minimum Gasteiger partial charge on any atom is -0.506 e. The number of Topliss-reactive ketones (excluding diaryl/α,β-unsaturated/α-hetero) is 1. The van der Waals surface area contributed by atoms with E-state index in [0.717, 1.165) is 39.1 Å². The predicted octanol–water partition coefficient (Wildman–Crippen LogP) is 5.87. The molecule has 0 spiro atoms. The molecule has 6 nitrogen and oxygen atoms in total. The van der Waals surface area contributed by atoms with Crippen molar-refractivity contribution in [3.8, 4) is 0 Å². The van der Waals surface area contributed by atoms with Crippen molar-refractivity contribution in [2.24, 2.45) is 4.99 Å². The van der Waals surface area contributed by atoms with Gasteiger partial charge in [0.2, 0.25) is 5.78 Å². The smallest absolute Gasteiger partial charge is 0.333 e. The van der Waals surface area contributed by atoms with Gasteiger partial charge in [-0.25, -0.2) is 4.79 Å². The molecule has 0 saturated carbocycles. The third-order valence-corrected chi connectivity index (χ3v) is 6.59. The Kier molecular flexibility index (Phi) is 5.52. The zero-order valence-corrected chi connectivity index (χ0v) is 20.0. The third kappa shape index (κ3) is 3.53. The fourth-order valence-electron chi connectivity index (χ4n) is 4.94. The van der Waals surface area contributed by atoms with Crippen molar-refractivity contribution in [2.75, 3.05) is 6.61 Å². The van der Waals surface area contributed by atoms with E-state index in [0.29, 0.717) is 35.3 Å². The molecule has 2 aliphatic rings. The van der Waals surface area contributed by atoms with Crippen molar-refractivity contribution in [1.82, 2.24) is 4.57 Å². The van der Waals surface area contributed by atoms with Crippen LogP contribution in [-0.4, -0.2) is 33.7 Å². The number of ketones is 1.